The third kappa shape index (κ3) is 3.20. The van der Waals surface area contributed by atoms with Crippen molar-refractivity contribution in [1.29, 1.82) is 0 Å². The zero-order valence-corrected chi connectivity index (χ0v) is 12.9. The molecule has 0 fully saturated rings. The van der Waals surface area contributed by atoms with Crippen molar-refractivity contribution in [2.24, 2.45) is 5.73 Å². The number of nitrogens with two attached hydrogens (primary N) is 1. The second kappa shape index (κ2) is 6.68. The summed E-state index contributed by atoms with van der Waals surface area (Å²) in [5, 5.41) is 10.8. The zero-order chi connectivity index (χ0) is 14.7. The van der Waals surface area contributed by atoms with Crippen LogP contribution in [0.1, 0.15) is 23.1 Å². The molecule has 2 nitrogen and oxygen atoms in total. The van der Waals surface area contributed by atoms with Gasteiger partial charge >= 0.3 is 0 Å². The Morgan fingerprint density at radius 2 is 1.95 bits per heavy atom. The van der Waals surface area contributed by atoms with E-state index in [1.807, 2.05) is 6.07 Å². The smallest absolute Gasteiger partial charge is 0.128 e. The summed E-state index contributed by atoms with van der Waals surface area (Å²) in [6.07, 6.45) is -0.924. The van der Waals surface area contributed by atoms with Gasteiger partial charge in [-0.05, 0) is 29.8 Å². The Balaban J connectivity index is 2.42. The highest BCUT2D eigenvalue weighted by Crippen LogP contribution is 2.36. The molecule has 0 aliphatic carbocycles. The molecule has 0 spiro atoms. The first kappa shape index (κ1) is 15.4. The summed E-state index contributed by atoms with van der Waals surface area (Å²) in [7, 11) is 0. The van der Waals surface area contributed by atoms with E-state index in [2.05, 4.69) is 15.9 Å². The van der Waals surface area contributed by atoms with Gasteiger partial charge in [-0.3, -0.25) is 0 Å². The van der Waals surface area contributed by atoms with Crippen molar-refractivity contribution in [3.63, 3.8) is 0 Å². The average molecular weight is 359 g/mol. The molecule has 2 atom stereocenters. The molecule has 106 valence electrons. The highest BCUT2D eigenvalue weighted by Gasteiger charge is 2.26. The fraction of sp³-hybridized carbons (Fsp3) is 0.200. The van der Waals surface area contributed by atoms with Gasteiger partial charge in [-0.2, -0.15) is 0 Å². The lowest BCUT2D eigenvalue weighted by molar-refractivity contribution is 0.145. The maximum absolute atomic E-state index is 14.0. The standard InChI is InChI=1S/C15H14BrClFNO/c16-10-4-1-3-9(7-10)15(20)11(8-19)14-12(17)5-2-6-13(14)18/h1-7,11,15,20H,8,19H2. The summed E-state index contributed by atoms with van der Waals surface area (Å²) < 4.78 is 14.8. The third-order valence-corrected chi connectivity index (χ3v) is 4.02. The fourth-order valence-corrected chi connectivity index (χ4v) is 2.91. The van der Waals surface area contributed by atoms with Crippen molar-refractivity contribution in [2.45, 2.75) is 12.0 Å². The Morgan fingerprint density at radius 1 is 1.25 bits per heavy atom. The molecule has 0 aliphatic heterocycles. The summed E-state index contributed by atoms with van der Waals surface area (Å²) in [5.41, 5.74) is 6.64. The third-order valence-electron chi connectivity index (χ3n) is 3.20. The van der Waals surface area contributed by atoms with E-state index in [0.29, 0.717) is 5.56 Å². The minimum Gasteiger partial charge on any atom is -0.388 e. The van der Waals surface area contributed by atoms with Crippen LogP contribution in [-0.2, 0) is 0 Å². The molecule has 2 unspecified atom stereocenters. The van der Waals surface area contributed by atoms with Gasteiger partial charge in [-0.25, -0.2) is 4.39 Å². The van der Waals surface area contributed by atoms with Crippen LogP contribution in [0.5, 0.6) is 0 Å². The first-order valence-electron chi connectivity index (χ1n) is 6.12. The van der Waals surface area contributed by atoms with E-state index in [9.17, 15) is 9.50 Å². The number of rotatable bonds is 4. The molecule has 0 aromatic heterocycles. The number of benzene rings is 2. The molecule has 5 heteroatoms. The first-order chi connectivity index (χ1) is 9.54. The van der Waals surface area contributed by atoms with Crippen molar-refractivity contribution in [2.75, 3.05) is 6.54 Å². The van der Waals surface area contributed by atoms with Crippen LogP contribution in [0.3, 0.4) is 0 Å². The van der Waals surface area contributed by atoms with E-state index >= 15 is 0 Å². The molecular formula is C15H14BrClFNO. The number of aliphatic hydroxyl groups excluding tert-OH is 1. The molecule has 2 aromatic rings. The molecule has 0 radical (unpaired) electrons. The lowest BCUT2D eigenvalue weighted by Crippen LogP contribution is -2.21. The van der Waals surface area contributed by atoms with Crippen molar-refractivity contribution in [3.8, 4) is 0 Å². The Labute approximate surface area is 130 Å². The fourth-order valence-electron chi connectivity index (χ4n) is 2.19. The first-order valence-corrected chi connectivity index (χ1v) is 7.29. The number of halogens is 3. The lowest BCUT2D eigenvalue weighted by Gasteiger charge is -2.23. The lowest BCUT2D eigenvalue weighted by atomic mass is 9.89. The van der Waals surface area contributed by atoms with Crippen molar-refractivity contribution in [3.05, 3.63) is 68.9 Å². The predicted octanol–water partition coefficient (Wildman–Crippen LogP) is 4.02. The minimum atomic E-state index is -0.924. The SMILES string of the molecule is NCC(c1c(F)cccc1Cl)C(O)c1cccc(Br)c1. The van der Waals surface area contributed by atoms with Crippen molar-refractivity contribution in [1.82, 2.24) is 0 Å². The van der Waals surface area contributed by atoms with Crippen LogP contribution in [0.25, 0.3) is 0 Å². The maximum Gasteiger partial charge on any atom is 0.128 e. The molecule has 0 bridgehead atoms. The Bertz CT molecular complexity index is 588. The Morgan fingerprint density at radius 3 is 2.55 bits per heavy atom. The molecule has 0 saturated carbocycles. The van der Waals surface area contributed by atoms with Gasteiger partial charge < -0.3 is 10.8 Å². The van der Waals surface area contributed by atoms with Gasteiger partial charge in [-0.15, -0.1) is 0 Å². The number of aliphatic hydroxyl groups is 1. The van der Waals surface area contributed by atoms with E-state index < -0.39 is 17.8 Å². The summed E-state index contributed by atoms with van der Waals surface area (Å²) in [4.78, 5) is 0. The van der Waals surface area contributed by atoms with Crippen LogP contribution in [-0.4, -0.2) is 11.7 Å². The average Bonchev–Trinajstić information content (AvgIpc) is 2.42. The molecule has 0 amide bonds. The molecule has 3 N–H and O–H groups in total. The van der Waals surface area contributed by atoms with E-state index in [4.69, 9.17) is 17.3 Å². The molecular weight excluding hydrogens is 345 g/mol. The van der Waals surface area contributed by atoms with Gasteiger partial charge in [0.2, 0.25) is 0 Å². The normalized spacial score (nSPS) is 14.1. The Kier molecular flexibility index (Phi) is 5.16. The molecule has 0 saturated heterocycles. The molecule has 0 heterocycles. The van der Waals surface area contributed by atoms with Crippen LogP contribution in [0.2, 0.25) is 5.02 Å². The Hall–Kier alpha value is -0.940. The van der Waals surface area contributed by atoms with Crippen molar-refractivity contribution >= 4 is 27.5 Å². The number of hydrogen-bond donors (Lipinski definition) is 2. The monoisotopic (exact) mass is 357 g/mol. The number of hydrogen-bond acceptors (Lipinski definition) is 2. The van der Waals surface area contributed by atoms with Crippen LogP contribution >= 0.6 is 27.5 Å². The van der Waals surface area contributed by atoms with Gasteiger partial charge in [0, 0.05) is 27.5 Å². The van der Waals surface area contributed by atoms with Crippen LogP contribution < -0.4 is 5.73 Å². The topological polar surface area (TPSA) is 46.2 Å². The van der Waals surface area contributed by atoms with Crippen LogP contribution in [0, 0.1) is 5.82 Å². The van der Waals surface area contributed by atoms with E-state index in [1.54, 1.807) is 24.3 Å². The summed E-state index contributed by atoms with van der Waals surface area (Å²) in [5.74, 6) is -1.06. The largest absolute Gasteiger partial charge is 0.388 e. The summed E-state index contributed by atoms with van der Waals surface area (Å²) in [6, 6.07) is 11.6. The van der Waals surface area contributed by atoms with Crippen LogP contribution in [0.4, 0.5) is 4.39 Å². The molecule has 20 heavy (non-hydrogen) atoms. The van der Waals surface area contributed by atoms with E-state index in [-0.39, 0.29) is 17.1 Å². The summed E-state index contributed by atoms with van der Waals surface area (Å²) >= 11 is 9.39. The second-order valence-corrected chi connectivity index (χ2v) is 5.80. The quantitative estimate of drug-likeness (QED) is 0.867. The molecule has 0 aliphatic rings. The maximum atomic E-state index is 14.0. The van der Waals surface area contributed by atoms with Crippen LogP contribution in [0.15, 0.2) is 46.9 Å². The molecule has 2 rings (SSSR count). The predicted molar refractivity (Wildman–Crippen MR) is 82.3 cm³/mol. The summed E-state index contributed by atoms with van der Waals surface area (Å²) in [6.45, 7) is 0.0916. The van der Waals surface area contributed by atoms with Gasteiger partial charge in [0.25, 0.3) is 0 Å². The van der Waals surface area contributed by atoms with E-state index in [1.165, 1.54) is 12.1 Å². The van der Waals surface area contributed by atoms with Gasteiger partial charge in [0.15, 0.2) is 0 Å². The highest BCUT2D eigenvalue weighted by molar-refractivity contribution is 9.10. The second-order valence-electron chi connectivity index (χ2n) is 4.48. The van der Waals surface area contributed by atoms with E-state index in [0.717, 1.165) is 4.47 Å². The molecule has 2 aromatic carbocycles. The van der Waals surface area contributed by atoms with Gasteiger partial charge in [0.05, 0.1) is 6.10 Å². The van der Waals surface area contributed by atoms with Gasteiger partial charge in [0.1, 0.15) is 5.82 Å². The van der Waals surface area contributed by atoms with Gasteiger partial charge in [-0.1, -0.05) is 45.7 Å². The highest BCUT2D eigenvalue weighted by atomic mass is 79.9. The van der Waals surface area contributed by atoms with Crippen molar-refractivity contribution < 1.29 is 9.50 Å². The minimum absolute atomic E-state index is 0.0916. The zero-order valence-electron chi connectivity index (χ0n) is 10.6.